The number of carbonyl (C=O) groups excluding carboxylic acids is 2. The normalized spacial score (nSPS) is 14.8. The first-order valence-electron chi connectivity index (χ1n) is 13.6. The van der Waals surface area contributed by atoms with Gasteiger partial charge in [-0.15, -0.1) is 0 Å². The topological polar surface area (TPSA) is 86.8 Å². The van der Waals surface area contributed by atoms with Crippen molar-refractivity contribution < 1.29 is 22.4 Å². The third kappa shape index (κ3) is 6.88. The van der Waals surface area contributed by atoms with Crippen molar-refractivity contribution in [3.63, 3.8) is 0 Å². The lowest BCUT2D eigenvalue weighted by Gasteiger charge is -2.33. The maximum absolute atomic E-state index is 15.0. The van der Waals surface area contributed by atoms with E-state index in [4.69, 9.17) is 0 Å². The molecule has 2 amide bonds. The fourth-order valence-corrected chi connectivity index (χ4v) is 6.45. The molecule has 0 spiro atoms. The second-order valence-corrected chi connectivity index (χ2v) is 12.1. The van der Waals surface area contributed by atoms with Crippen molar-refractivity contribution in [1.82, 2.24) is 10.2 Å². The van der Waals surface area contributed by atoms with Crippen LogP contribution in [0.3, 0.4) is 0 Å². The molecule has 1 aliphatic carbocycles. The van der Waals surface area contributed by atoms with Crippen molar-refractivity contribution in [2.24, 2.45) is 0 Å². The minimum Gasteiger partial charge on any atom is -0.352 e. The number of hydrogen-bond donors (Lipinski definition) is 1. The van der Waals surface area contributed by atoms with Crippen molar-refractivity contribution in [3.8, 4) is 0 Å². The van der Waals surface area contributed by atoms with Gasteiger partial charge in [0.15, 0.2) is 0 Å². The Bertz CT molecular complexity index is 1430. The van der Waals surface area contributed by atoms with E-state index in [2.05, 4.69) is 5.32 Å². The first-order chi connectivity index (χ1) is 19.2. The molecule has 0 saturated heterocycles. The lowest BCUT2D eigenvalue weighted by Crippen LogP contribution is -2.53. The van der Waals surface area contributed by atoms with E-state index in [0.29, 0.717) is 0 Å². The summed E-state index contributed by atoms with van der Waals surface area (Å²) < 4.78 is 43.2. The van der Waals surface area contributed by atoms with Crippen molar-refractivity contribution in [2.45, 2.75) is 69.5 Å². The van der Waals surface area contributed by atoms with E-state index in [1.807, 2.05) is 31.2 Å². The van der Waals surface area contributed by atoms with Gasteiger partial charge in [-0.1, -0.05) is 73.9 Å². The van der Waals surface area contributed by atoms with Crippen LogP contribution in [0.5, 0.6) is 0 Å². The van der Waals surface area contributed by atoms with Crippen LogP contribution in [0.15, 0.2) is 83.8 Å². The van der Waals surface area contributed by atoms with E-state index in [1.165, 1.54) is 35.2 Å². The maximum atomic E-state index is 15.0. The predicted octanol–water partition coefficient (Wildman–Crippen LogP) is 5.20. The fraction of sp³-hybridized carbons (Fsp3) is 0.355. The van der Waals surface area contributed by atoms with Crippen LogP contribution in [0.1, 0.15) is 50.2 Å². The van der Waals surface area contributed by atoms with Gasteiger partial charge in [0.1, 0.15) is 18.4 Å². The summed E-state index contributed by atoms with van der Waals surface area (Å²) in [6, 6.07) is 19.7. The zero-order valence-electron chi connectivity index (χ0n) is 22.9. The van der Waals surface area contributed by atoms with Gasteiger partial charge in [0.05, 0.1) is 10.6 Å². The van der Waals surface area contributed by atoms with Crippen LogP contribution >= 0.6 is 0 Å². The first kappa shape index (κ1) is 29.3. The molecule has 0 radical (unpaired) electrons. The molecule has 1 atom stereocenters. The smallest absolute Gasteiger partial charge is 0.264 e. The summed E-state index contributed by atoms with van der Waals surface area (Å²) in [6.07, 6.45) is 5.00. The molecule has 3 aromatic rings. The summed E-state index contributed by atoms with van der Waals surface area (Å²) in [6.45, 7) is 2.98. The number of carbonyl (C=O) groups is 2. The Kier molecular flexibility index (Phi) is 9.58. The lowest BCUT2D eigenvalue weighted by atomic mass is 9.95. The number of anilines is 1. The quantitative estimate of drug-likeness (QED) is 0.366. The van der Waals surface area contributed by atoms with Crippen molar-refractivity contribution in [1.29, 1.82) is 0 Å². The van der Waals surface area contributed by atoms with Gasteiger partial charge in [0.2, 0.25) is 11.8 Å². The summed E-state index contributed by atoms with van der Waals surface area (Å²) in [5, 5.41) is 3.08. The molecule has 0 bridgehead atoms. The highest BCUT2D eigenvalue weighted by Crippen LogP contribution is 2.27. The Labute approximate surface area is 236 Å². The molecule has 40 heavy (non-hydrogen) atoms. The van der Waals surface area contributed by atoms with Crippen LogP contribution in [0.25, 0.3) is 0 Å². The number of nitrogens with one attached hydrogen (secondary N) is 1. The highest BCUT2D eigenvalue weighted by atomic mass is 32.2. The zero-order valence-corrected chi connectivity index (χ0v) is 23.7. The Balaban J connectivity index is 1.68. The van der Waals surface area contributed by atoms with Crippen LogP contribution in [0.4, 0.5) is 10.1 Å². The van der Waals surface area contributed by atoms with Gasteiger partial charge in [0, 0.05) is 12.6 Å². The number of benzene rings is 3. The minimum atomic E-state index is -4.31. The molecular formula is C31H36FN3O4S. The molecule has 3 aromatic carbocycles. The molecular weight excluding hydrogens is 529 g/mol. The number of halogens is 1. The number of rotatable bonds is 10. The van der Waals surface area contributed by atoms with Crippen LogP contribution in [-0.2, 0) is 26.2 Å². The van der Waals surface area contributed by atoms with Gasteiger partial charge in [-0.05, 0) is 62.1 Å². The number of sulfonamides is 1. The molecule has 1 unspecified atom stereocenters. The van der Waals surface area contributed by atoms with Crippen LogP contribution < -0.4 is 9.62 Å². The molecule has 1 saturated carbocycles. The molecule has 1 N–H and O–H groups in total. The minimum absolute atomic E-state index is 0.0486. The molecule has 1 aliphatic rings. The lowest BCUT2D eigenvalue weighted by molar-refractivity contribution is -0.139. The van der Waals surface area contributed by atoms with Crippen LogP contribution in [0, 0.1) is 12.7 Å². The SMILES string of the molecule is Cc1ccccc1CN(C(=O)CN(c1ccccc1F)S(=O)(=O)c1ccccc1)C(C)C(=O)NC1CCCCC1. The van der Waals surface area contributed by atoms with Gasteiger partial charge in [-0.3, -0.25) is 13.9 Å². The second kappa shape index (κ2) is 13.1. The van der Waals surface area contributed by atoms with E-state index >= 15 is 0 Å². The van der Waals surface area contributed by atoms with Gasteiger partial charge in [0.25, 0.3) is 10.0 Å². The summed E-state index contributed by atoms with van der Waals surface area (Å²) in [4.78, 5) is 28.7. The van der Waals surface area contributed by atoms with Crippen molar-refractivity contribution in [3.05, 3.63) is 95.8 Å². The third-order valence-electron chi connectivity index (χ3n) is 7.45. The van der Waals surface area contributed by atoms with E-state index in [9.17, 15) is 22.4 Å². The molecule has 1 fully saturated rings. The molecule has 0 aromatic heterocycles. The number of para-hydroxylation sites is 1. The van der Waals surface area contributed by atoms with Gasteiger partial charge in [-0.2, -0.15) is 0 Å². The van der Waals surface area contributed by atoms with Crippen molar-refractivity contribution in [2.75, 3.05) is 10.8 Å². The third-order valence-corrected chi connectivity index (χ3v) is 9.23. The van der Waals surface area contributed by atoms with Gasteiger partial charge in [-0.25, -0.2) is 12.8 Å². The number of amides is 2. The average Bonchev–Trinajstić information content (AvgIpc) is 2.96. The largest absolute Gasteiger partial charge is 0.352 e. The van der Waals surface area contributed by atoms with E-state index < -0.39 is 34.3 Å². The molecule has 0 heterocycles. The molecule has 7 nitrogen and oxygen atoms in total. The van der Waals surface area contributed by atoms with E-state index in [0.717, 1.165) is 53.6 Å². The molecule has 0 aliphatic heterocycles. The Morgan fingerprint density at radius 1 is 0.925 bits per heavy atom. The molecule has 9 heteroatoms. The molecule has 4 rings (SSSR count). The van der Waals surface area contributed by atoms with E-state index in [-0.39, 0.29) is 29.1 Å². The van der Waals surface area contributed by atoms with Crippen LogP contribution in [-0.4, -0.2) is 43.8 Å². The average molecular weight is 566 g/mol. The highest BCUT2D eigenvalue weighted by Gasteiger charge is 2.34. The Morgan fingerprint density at radius 2 is 1.55 bits per heavy atom. The highest BCUT2D eigenvalue weighted by molar-refractivity contribution is 7.92. The Morgan fingerprint density at radius 3 is 2.23 bits per heavy atom. The summed E-state index contributed by atoms with van der Waals surface area (Å²) in [7, 11) is -4.31. The zero-order chi connectivity index (χ0) is 28.7. The number of hydrogen-bond acceptors (Lipinski definition) is 4. The number of aryl methyl sites for hydroxylation is 1. The fourth-order valence-electron chi connectivity index (χ4n) is 5.01. The number of nitrogens with zero attached hydrogens (tertiary/aromatic N) is 2. The monoisotopic (exact) mass is 565 g/mol. The summed E-state index contributed by atoms with van der Waals surface area (Å²) in [5.74, 6) is -1.68. The molecule has 212 valence electrons. The first-order valence-corrected chi connectivity index (χ1v) is 15.1. The Hall–Kier alpha value is -3.72. The van der Waals surface area contributed by atoms with Crippen molar-refractivity contribution >= 4 is 27.5 Å². The van der Waals surface area contributed by atoms with Gasteiger partial charge >= 0.3 is 0 Å². The summed E-state index contributed by atoms with van der Waals surface area (Å²) >= 11 is 0. The van der Waals surface area contributed by atoms with E-state index in [1.54, 1.807) is 25.1 Å². The predicted molar refractivity (Wildman–Crippen MR) is 154 cm³/mol. The van der Waals surface area contributed by atoms with Crippen LogP contribution in [0.2, 0.25) is 0 Å². The second-order valence-electron chi connectivity index (χ2n) is 10.2. The van der Waals surface area contributed by atoms with Gasteiger partial charge < -0.3 is 10.2 Å². The maximum Gasteiger partial charge on any atom is 0.264 e. The summed E-state index contributed by atoms with van der Waals surface area (Å²) in [5.41, 5.74) is 1.52. The standard InChI is InChI=1S/C31H36FN3O4S/c1-23-13-9-10-14-25(23)21-34(24(2)31(37)33-26-15-5-3-6-16-26)30(36)22-35(29-20-12-11-19-28(29)32)40(38,39)27-17-7-4-8-18-27/h4,7-14,17-20,24,26H,3,5-6,15-16,21-22H2,1-2H3,(H,33,37).